The number of nitrogens with one attached hydrogen (secondary N) is 1. The van der Waals surface area contributed by atoms with Gasteiger partial charge in [-0.15, -0.1) is 0 Å². The lowest BCUT2D eigenvalue weighted by Gasteiger charge is -2.09. The minimum atomic E-state index is 0.656. The molecule has 1 heterocycles. The fourth-order valence-corrected chi connectivity index (χ4v) is 3.36. The molecule has 0 atom stereocenters. The molecular formula is C17H19N3OS. The molecule has 22 heavy (non-hydrogen) atoms. The second kappa shape index (κ2) is 5.93. The van der Waals surface area contributed by atoms with Crippen LogP contribution in [-0.4, -0.2) is 16.6 Å². The van der Waals surface area contributed by atoms with E-state index in [9.17, 15) is 0 Å². The van der Waals surface area contributed by atoms with Crippen molar-refractivity contribution in [3.8, 4) is 5.75 Å². The number of benzene rings is 2. The second-order valence-corrected chi connectivity index (χ2v) is 6.18. The SMILES string of the molecule is CCOc1ccc2nc(Sc3c(C)ccc(N)c3C)[nH]c2c1. The number of fused-ring (bicyclic) bond motifs is 1. The van der Waals surface area contributed by atoms with Gasteiger partial charge in [-0.05, 0) is 50.1 Å². The van der Waals surface area contributed by atoms with Crippen molar-refractivity contribution >= 4 is 28.5 Å². The largest absolute Gasteiger partial charge is 0.494 e. The summed E-state index contributed by atoms with van der Waals surface area (Å²) in [6.07, 6.45) is 0. The van der Waals surface area contributed by atoms with Crippen LogP contribution < -0.4 is 10.5 Å². The molecule has 0 saturated heterocycles. The van der Waals surface area contributed by atoms with Crippen LogP contribution in [0.1, 0.15) is 18.1 Å². The van der Waals surface area contributed by atoms with Gasteiger partial charge >= 0.3 is 0 Å². The lowest BCUT2D eigenvalue weighted by molar-refractivity contribution is 0.340. The van der Waals surface area contributed by atoms with Crippen LogP contribution in [0.4, 0.5) is 5.69 Å². The molecule has 3 N–H and O–H groups in total. The fourth-order valence-electron chi connectivity index (χ4n) is 2.37. The molecule has 0 spiro atoms. The number of nitrogen functional groups attached to an aromatic ring is 1. The number of anilines is 1. The maximum Gasteiger partial charge on any atom is 0.171 e. The first-order valence-electron chi connectivity index (χ1n) is 7.24. The van der Waals surface area contributed by atoms with E-state index in [-0.39, 0.29) is 0 Å². The normalized spacial score (nSPS) is 11.0. The van der Waals surface area contributed by atoms with Gasteiger partial charge in [0.2, 0.25) is 0 Å². The molecule has 0 amide bonds. The molecular weight excluding hydrogens is 294 g/mol. The predicted octanol–water partition coefficient (Wildman–Crippen LogP) is 4.31. The van der Waals surface area contributed by atoms with Crippen molar-refractivity contribution < 1.29 is 4.74 Å². The highest BCUT2D eigenvalue weighted by atomic mass is 32.2. The number of H-pyrrole nitrogens is 1. The van der Waals surface area contributed by atoms with Gasteiger partial charge in [0.1, 0.15) is 5.75 Å². The summed E-state index contributed by atoms with van der Waals surface area (Å²) in [7, 11) is 0. The van der Waals surface area contributed by atoms with Crippen LogP contribution in [0.2, 0.25) is 0 Å². The summed E-state index contributed by atoms with van der Waals surface area (Å²) in [4.78, 5) is 9.14. The molecule has 2 aromatic carbocycles. The van der Waals surface area contributed by atoms with E-state index in [0.717, 1.165) is 38.1 Å². The summed E-state index contributed by atoms with van der Waals surface area (Å²) in [6, 6.07) is 9.88. The average Bonchev–Trinajstić information content (AvgIpc) is 2.90. The summed E-state index contributed by atoms with van der Waals surface area (Å²) < 4.78 is 5.52. The molecule has 1 aromatic heterocycles. The van der Waals surface area contributed by atoms with Gasteiger partial charge < -0.3 is 15.5 Å². The Labute approximate surface area is 134 Å². The van der Waals surface area contributed by atoms with Crippen molar-refractivity contribution in [2.24, 2.45) is 0 Å². The van der Waals surface area contributed by atoms with Crippen LogP contribution in [0.5, 0.6) is 5.75 Å². The number of ether oxygens (including phenoxy) is 1. The second-order valence-electron chi connectivity index (χ2n) is 5.18. The Balaban J connectivity index is 1.96. The number of aryl methyl sites for hydroxylation is 1. The van der Waals surface area contributed by atoms with E-state index in [1.165, 1.54) is 5.56 Å². The van der Waals surface area contributed by atoms with Crippen LogP contribution in [0.3, 0.4) is 0 Å². The summed E-state index contributed by atoms with van der Waals surface area (Å²) >= 11 is 1.61. The Morgan fingerprint density at radius 3 is 2.82 bits per heavy atom. The third kappa shape index (κ3) is 2.76. The van der Waals surface area contributed by atoms with Crippen LogP contribution in [0.25, 0.3) is 11.0 Å². The van der Waals surface area contributed by atoms with E-state index >= 15 is 0 Å². The van der Waals surface area contributed by atoms with Gasteiger partial charge in [-0.3, -0.25) is 0 Å². The Morgan fingerprint density at radius 2 is 2.05 bits per heavy atom. The minimum absolute atomic E-state index is 0.656. The molecule has 0 aliphatic rings. The first kappa shape index (κ1) is 14.8. The van der Waals surface area contributed by atoms with Gasteiger partial charge in [0.05, 0.1) is 17.6 Å². The number of rotatable bonds is 4. The van der Waals surface area contributed by atoms with Gasteiger partial charge in [0.25, 0.3) is 0 Å². The van der Waals surface area contributed by atoms with E-state index in [4.69, 9.17) is 10.5 Å². The summed E-state index contributed by atoms with van der Waals surface area (Å²) in [6.45, 7) is 6.76. The molecule has 3 rings (SSSR count). The van der Waals surface area contributed by atoms with Crippen molar-refractivity contribution in [2.45, 2.75) is 30.8 Å². The smallest absolute Gasteiger partial charge is 0.171 e. The number of aromatic nitrogens is 2. The number of nitrogens with zero attached hydrogens (tertiary/aromatic N) is 1. The van der Waals surface area contributed by atoms with Gasteiger partial charge in [0, 0.05) is 16.6 Å². The Bertz CT molecular complexity index is 826. The minimum Gasteiger partial charge on any atom is -0.494 e. The quantitative estimate of drug-likeness (QED) is 0.704. The highest BCUT2D eigenvalue weighted by Crippen LogP contribution is 2.35. The number of aromatic amines is 1. The van der Waals surface area contributed by atoms with Crippen molar-refractivity contribution in [3.63, 3.8) is 0 Å². The summed E-state index contributed by atoms with van der Waals surface area (Å²) in [5.41, 5.74) is 11.0. The topological polar surface area (TPSA) is 63.9 Å². The van der Waals surface area contributed by atoms with Crippen molar-refractivity contribution in [2.75, 3.05) is 12.3 Å². The molecule has 0 aliphatic carbocycles. The molecule has 5 heteroatoms. The Hall–Kier alpha value is -2.14. The first-order chi connectivity index (χ1) is 10.6. The van der Waals surface area contributed by atoms with E-state index in [0.29, 0.717) is 6.61 Å². The first-order valence-corrected chi connectivity index (χ1v) is 8.06. The summed E-state index contributed by atoms with van der Waals surface area (Å²) in [5.74, 6) is 0.853. The standard InChI is InChI=1S/C17H19N3OS/c1-4-21-12-6-8-14-15(9-12)20-17(19-14)22-16-10(2)5-7-13(18)11(16)3/h5-9H,4,18H2,1-3H3,(H,19,20). The van der Waals surface area contributed by atoms with E-state index in [1.807, 2.05) is 44.2 Å². The van der Waals surface area contributed by atoms with Crippen LogP contribution >= 0.6 is 11.8 Å². The van der Waals surface area contributed by atoms with Gasteiger partial charge in [-0.2, -0.15) is 0 Å². The molecule has 0 bridgehead atoms. The third-order valence-electron chi connectivity index (χ3n) is 3.59. The highest BCUT2D eigenvalue weighted by molar-refractivity contribution is 7.99. The number of hydrogen-bond acceptors (Lipinski definition) is 4. The molecule has 0 unspecified atom stereocenters. The fraction of sp³-hybridized carbons (Fsp3) is 0.235. The molecule has 0 aliphatic heterocycles. The zero-order chi connectivity index (χ0) is 15.7. The van der Waals surface area contributed by atoms with Gasteiger partial charge in [-0.1, -0.05) is 17.8 Å². The molecule has 0 saturated carbocycles. The molecule has 4 nitrogen and oxygen atoms in total. The molecule has 0 radical (unpaired) electrons. The van der Waals surface area contributed by atoms with Crippen LogP contribution in [0, 0.1) is 13.8 Å². The Morgan fingerprint density at radius 1 is 1.23 bits per heavy atom. The van der Waals surface area contributed by atoms with E-state index in [1.54, 1.807) is 11.8 Å². The highest BCUT2D eigenvalue weighted by Gasteiger charge is 2.11. The Kier molecular flexibility index (Phi) is 3.98. The van der Waals surface area contributed by atoms with Crippen molar-refractivity contribution in [1.29, 1.82) is 0 Å². The molecule has 0 fully saturated rings. The van der Waals surface area contributed by atoms with E-state index in [2.05, 4.69) is 16.9 Å². The van der Waals surface area contributed by atoms with Gasteiger partial charge in [-0.25, -0.2) is 4.98 Å². The molecule has 3 aromatic rings. The van der Waals surface area contributed by atoms with E-state index < -0.39 is 0 Å². The number of hydrogen-bond donors (Lipinski definition) is 2. The van der Waals surface area contributed by atoms with Gasteiger partial charge in [0.15, 0.2) is 5.16 Å². The lowest BCUT2D eigenvalue weighted by Crippen LogP contribution is -1.94. The number of imidazole rings is 1. The number of nitrogens with two attached hydrogens (primary N) is 1. The predicted molar refractivity (Wildman–Crippen MR) is 91.7 cm³/mol. The van der Waals surface area contributed by atoms with Crippen molar-refractivity contribution in [1.82, 2.24) is 9.97 Å². The maximum atomic E-state index is 6.01. The molecule has 114 valence electrons. The monoisotopic (exact) mass is 313 g/mol. The zero-order valence-corrected chi connectivity index (χ0v) is 13.8. The van der Waals surface area contributed by atoms with Crippen LogP contribution in [-0.2, 0) is 0 Å². The van der Waals surface area contributed by atoms with Crippen LogP contribution in [0.15, 0.2) is 40.4 Å². The summed E-state index contributed by atoms with van der Waals surface area (Å²) in [5, 5.41) is 0.862. The maximum absolute atomic E-state index is 6.01. The van der Waals surface area contributed by atoms with Crippen molar-refractivity contribution in [3.05, 3.63) is 41.5 Å². The lowest BCUT2D eigenvalue weighted by atomic mass is 10.1. The third-order valence-corrected chi connectivity index (χ3v) is 4.80. The average molecular weight is 313 g/mol. The zero-order valence-electron chi connectivity index (χ0n) is 12.9.